The molecule has 2 rings (SSSR count). The second-order valence-electron chi connectivity index (χ2n) is 6.18. The molecule has 0 saturated heterocycles. The van der Waals surface area contributed by atoms with Crippen molar-refractivity contribution in [2.75, 3.05) is 0 Å². The Balaban J connectivity index is 2.39. The first-order valence-corrected chi connectivity index (χ1v) is 6.48. The van der Waals surface area contributed by atoms with Crippen LogP contribution >= 0.6 is 0 Å². The maximum Gasteiger partial charge on any atom is 0.259 e. The predicted molar refractivity (Wildman–Crippen MR) is 77.0 cm³/mol. The van der Waals surface area contributed by atoms with Gasteiger partial charge in [-0.25, -0.2) is 4.99 Å². The number of hydrogen-bond donors (Lipinski definition) is 2. The number of aryl methyl sites for hydroxylation is 1. The van der Waals surface area contributed by atoms with Crippen molar-refractivity contribution in [1.29, 1.82) is 0 Å². The molecule has 2 N–H and O–H groups in total. The fourth-order valence-corrected chi connectivity index (χ4v) is 2.25. The topological polar surface area (TPSA) is 53.5 Å². The van der Waals surface area contributed by atoms with Crippen LogP contribution in [0.15, 0.2) is 29.3 Å². The van der Waals surface area contributed by atoms with Gasteiger partial charge in [0.05, 0.1) is 0 Å². The standard InChI is InChI=1S/C15H21N3O/c1-10-8-6-7-9-11(10)15(5)12(19)16-13(18-15)17-14(2,3)4/h6-9H,1-5H3,(H2,16,17,18,19). The zero-order valence-electron chi connectivity index (χ0n) is 12.2. The molecule has 0 bridgehead atoms. The van der Waals surface area contributed by atoms with Crippen molar-refractivity contribution in [3.63, 3.8) is 0 Å². The Bertz CT molecular complexity index is 543. The van der Waals surface area contributed by atoms with Gasteiger partial charge in [-0.3, -0.25) is 10.1 Å². The van der Waals surface area contributed by atoms with E-state index in [9.17, 15) is 4.79 Å². The second kappa shape index (κ2) is 4.37. The normalized spacial score (nSPS) is 23.0. The van der Waals surface area contributed by atoms with E-state index in [1.807, 2.05) is 58.9 Å². The summed E-state index contributed by atoms with van der Waals surface area (Å²) in [7, 11) is 0. The van der Waals surface area contributed by atoms with E-state index >= 15 is 0 Å². The van der Waals surface area contributed by atoms with Crippen LogP contribution in [0, 0.1) is 6.92 Å². The van der Waals surface area contributed by atoms with Gasteiger partial charge in [0.2, 0.25) is 0 Å². The summed E-state index contributed by atoms with van der Waals surface area (Å²) in [6, 6.07) is 7.86. The van der Waals surface area contributed by atoms with Gasteiger partial charge in [-0.15, -0.1) is 0 Å². The van der Waals surface area contributed by atoms with Gasteiger partial charge in [-0.1, -0.05) is 24.3 Å². The Labute approximate surface area is 114 Å². The first-order chi connectivity index (χ1) is 8.72. The molecule has 0 saturated carbocycles. The number of hydrogen-bond acceptors (Lipinski definition) is 3. The monoisotopic (exact) mass is 259 g/mol. The minimum absolute atomic E-state index is 0.0893. The first-order valence-electron chi connectivity index (χ1n) is 6.48. The molecular weight excluding hydrogens is 238 g/mol. The predicted octanol–water partition coefficient (Wildman–Crippen LogP) is 2.08. The van der Waals surface area contributed by atoms with E-state index in [1.165, 1.54) is 0 Å². The highest BCUT2D eigenvalue weighted by Crippen LogP contribution is 2.31. The summed E-state index contributed by atoms with van der Waals surface area (Å²) in [5, 5.41) is 6.04. The number of nitrogens with zero attached hydrogens (tertiary/aromatic N) is 1. The van der Waals surface area contributed by atoms with Gasteiger partial charge in [0.15, 0.2) is 11.5 Å². The molecule has 1 aliphatic rings. The number of benzene rings is 1. The van der Waals surface area contributed by atoms with Crippen molar-refractivity contribution in [2.24, 2.45) is 4.99 Å². The SMILES string of the molecule is Cc1ccccc1C1(C)N=C(NC(C)(C)C)NC1=O. The third-order valence-corrected chi connectivity index (χ3v) is 3.17. The summed E-state index contributed by atoms with van der Waals surface area (Å²) in [4.78, 5) is 16.8. The molecule has 0 aromatic heterocycles. The van der Waals surface area contributed by atoms with Crippen molar-refractivity contribution < 1.29 is 4.79 Å². The van der Waals surface area contributed by atoms with Gasteiger partial charge in [0.25, 0.3) is 5.91 Å². The Hall–Kier alpha value is -1.84. The lowest BCUT2D eigenvalue weighted by Gasteiger charge is -2.21. The Morgan fingerprint density at radius 2 is 1.89 bits per heavy atom. The number of aliphatic imine (C=N–C) groups is 1. The molecule has 19 heavy (non-hydrogen) atoms. The highest BCUT2D eigenvalue weighted by Gasteiger charge is 2.42. The summed E-state index contributed by atoms with van der Waals surface area (Å²) in [6.45, 7) is 9.95. The lowest BCUT2D eigenvalue weighted by atomic mass is 9.89. The zero-order chi connectivity index (χ0) is 14.3. The van der Waals surface area contributed by atoms with Crippen molar-refractivity contribution in [1.82, 2.24) is 10.6 Å². The molecule has 0 spiro atoms. The molecule has 4 heteroatoms. The summed E-state index contributed by atoms with van der Waals surface area (Å²) >= 11 is 0. The maximum atomic E-state index is 12.3. The van der Waals surface area contributed by atoms with Crippen molar-refractivity contribution in [3.05, 3.63) is 35.4 Å². The number of rotatable bonds is 1. The van der Waals surface area contributed by atoms with E-state index in [4.69, 9.17) is 0 Å². The van der Waals surface area contributed by atoms with Crippen molar-refractivity contribution in [3.8, 4) is 0 Å². The van der Waals surface area contributed by atoms with Crippen LogP contribution < -0.4 is 10.6 Å². The van der Waals surface area contributed by atoms with Crippen LogP contribution in [0.4, 0.5) is 0 Å². The van der Waals surface area contributed by atoms with Gasteiger partial charge in [0.1, 0.15) is 0 Å². The van der Waals surface area contributed by atoms with Crippen LogP contribution in [-0.2, 0) is 10.3 Å². The average molecular weight is 259 g/mol. The molecule has 0 fully saturated rings. The van der Waals surface area contributed by atoms with Gasteiger partial charge in [-0.05, 0) is 45.7 Å². The lowest BCUT2D eigenvalue weighted by Crippen LogP contribution is -2.47. The smallest absolute Gasteiger partial charge is 0.259 e. The van der Waals surface area contributed by atoms with E-state index in [0.717, 1.165) is 11.1 Å². The Morgan fingerprint density at radius 1 is 1.26 bits per heavy atom. The Kier molecular flexibility index (Phi) is 3.12. The molecule has 1 heterocycles. The van der Waals surface area contributed by atoms with E-state index in [0.29, 0.717) is 5.96 Å². The van der Waals surface area contributed by atoms with E-state index in [1.54, 1.807) is 0 Å². The average Bonchev–Trinajstić information content (AvgIpc) is 2.52. The molecule has 102 valence electrons. The fraction of sp³-hybridized carbons (Fsp3) is 0.467. The van der Waals surface area contributed by atoms with Crippen LogP contribution in [-0.4, -0.2) is 17.4 Å². The summed E-state index contributed by atoms with van der Waals surface area (Å²) < 4.78 is 0. The van der Waals surface area contributed by atoms with E-state index in [-0.39, 0.29) is 11.4 Å². The molecule has 0 aliphatic carbocycles. The second-order valence-corrected chi connectivity index (χ2v) is 6.18. The molecule has 1 amide bonds. The molecule has 4 nitrogen and oxygen atoms in total. The Morgan fingerprint density at radius 3 is 2.47 bits per heavy atom. The fourth-order valence-electron chi connectivity index (χ4n) is 2.25. The third kappa shape index (κ3) is 2.62. The molecule has 1 atom stereocenters. The maximum absolute atomic E-state index is 12.3. The number of carbonyl (C=O) groups excluding carboxylic acids is 1. The highest BCUT2D eigenvalue weighted by molar-refractivity contribution is 6.07. The molecule has 1 aromatic rings. The number of nitrogens with one attached hydrogen (secondary N) is 2. The van der Waals surface area contributed by atoms with E-state index in [2.05, 4.69) is 15.6 Å². The van der Waals surface area contributed by atoms with E-state index < -0.39 is 5.54 Å². The van der Waals surface area contributed by atoms with Gasteiger partial charge in [0, 0.05) is 5.54 Å². The molecule has 1 unspecified atom stereocenters. The molecule has 1 aromatic carbocycles. The lowest BCUT2D eigenvalue weighted by molar-refractivity contribution is -0.123. The minimum Gasteiger partial charge on any atom is -0.351 e. The quantitative estimate of drug-likeness (QED) is 0.811. The zero-order valence-corrected chi connectivity index (χ0v) is 12.2. The number of amides is 1. The summed E-state index contributed by atoms with van der Waals surface area (Å²) in [6.07, 6.45) is 0. The first kappa shape index (κ1) is 13.6. The van der Waals surface area contributed by atoms with Crippen LogP contribution in [0.5, 0.6) is 0 Å². The third-order valence-electron chi connectivity index (χ3n) is 3.17. The van der Waals surface area contributed by atoms with Crippen LogP contribution in [0.25, 0.3) is 0 Å². The van der Waals surface area contributed by atoms with Gasteiger partial charge in [-0.2, -0.15) is 0 Å². The molecular formula is C15H21N3O. The summed E-state index contributed by atoms with van der Waals surface area (Å²) in [5.74, 6) is 0.455. The molecule has 0 radical (unpaired) electrons. The number of carbonyl (C=O) groups is 1. The van der Waals surface area contributed by atoms with Crippen LogP contribution in [0.1, 0.15) is 38.8 Å². The number of guanidine groups is 1. The molecule has 1 aliphatic heterocycles. The van der Waals surface area contributed by atoms with Crippen LogP contribution in [0.2, 0.25) is 0 Å². The summed E-state index contributed by atoms with van der Waals surface area (Å²) in [5.41, 5.74) is 1.03. The van der Waals surface area contributed by atoms with Gasteiger partial charge < -0.3 is 5.32 Å². The van der Waals surface area contributed by atoms with Crippen LogP contribution in [0.3, 0.4) is 0 Å². The van der Waals surface area contributed by atoms with Crippen molar-refractivity contribution >= 4 is 11.9 Å². The largest absolute Gasteiger partial charge is 0.351 e. The minimum atomic E-state index is -0.848. The van der Waals surface area contributed by atoms with Crippen molar-refractivity contribution in [2.45, 2.75) is 45.7 Å². The van der Waals surface area contributed by atoms with Gasteiger partial charge >= 0.3 is 0 Å². The highest BCUT2D eigenvalue weighted by atomic mass is 16.2.